The fourth-order valence-electron chi connectivity index (χ4n) is 2.58. The molecular weight excluding hydrogens is 340 g/mol. The van der Waals surface area contributed by atoms with E-state index in [9.17, 15) is 4.79 Å². The number of benzene rings is 2. The molecule has 25 heavy (non-hydrogen) atoms. The summed E-state index contributed by atoms with van der Waals surface area (Å²) in [5.41, 5.74) is 1.03. The molecule has 0 aliphatic carbocycles. The number of carbonyl (C=O) groups excluding carboxylic acids is 1. The first-order chi connectivity index (χ1) is 11.7. The zero-order valence-electron chi connectivity index (χ0n) is 14.1. The summed E-state index contributed by atoms with van der Waals surface area (Å²) in [4.78, 5) is 12.2. The van der Waals surface area contributed by atoms with Crippen LogP contribution in [0.25, 0.3) is 0 Å². The van der Waals surface area contributed by atoms with E-state index in [0.29, 0.717) is 19.8 Å². The number of rotatable bonds is 5. The van der Waals surface area contributed by atoms with Crippen molar-refractivity contribution in [2.75, 3.05) is 19.8 Å². The summed E-state index contributed by atoms with van der Waals surface area (Å²) in [5.74, 6) is 1.53. The fraction of sp³-hybridized carbons (Fsp3) is 0.316. The van der Waals surface area contributed by atoms with E-state index in [2.05, 4.69) is 10.6 Å². The van der Waals surface area contributed by atoms with Gasteiger partial charge in [0.25, 0.3) is 0 Å². The van der Waals surface area contributed by atoms with Gasteiger partial charge in [0.15, 0.2) is 0 Å². The average Bonchev–Trinajstić information content (AvgIpc) is 2.64. The number of ether oxygens (including phenoxy) is 2. The number of hydrogen-bond acceptors (Lipinski definition) is 4. The Morgan fingerprint density at radius 1 is 1.16 bits per heavy atom. The van der Waals surface area contributed by atoms with Crippen LogP contribution < -0.4 is 15.4 Å². The molecule has 6 heteroatoms. The molecule has 1 aliphatic rings. The van der Waals surface area contributed by atoms with Crippen LogP contribution in [0, 0.1) is 0 Å². The summed E-state index contributed by atoms with van der Waals surface area (Å²) < 4.78 is 11.1. The maximum Gasteiger partial charge on any atom is 0.240 e. The first kappa shape index (κ1) is 19.2. The molecule has 134 valence electrons. The lowest BCUT2D eigenvalue weighted by Crippen LogP contribution is -2.51. The zero-order chi connectivity index (χ0) is 16.8. The maximum absolute atomic E-state index is 12.2. The van der Waals surface area contributed by atoms with Gasteiger partial charge in [0.1, 0.15) is 17.5 Å². The van der Waals surface area contributed by atoms with Crippen LogP contribution in [-0.2, 0) is 9.53 Å². The molecular formula is C19H23ClN2O3. The van der Waals surface area contributed by atoms with Crippen LogP contribution in [0.4, 0.5) is 0 Å². The summed E-state index contributed by atoms with van der Waals surface area (Å²) in [7, 11) is 0. The second-order valence-electron chi connectivity index (χ2n) is 5.80. The van der Waals surface area contributed by atoms with Crippen LogP contribution in [-0.4, -0.2) is 31.7 Å². The third-order valence-electron chi connectivity index (χ3n) is 3.96. The molecule has 2 N–H and O–H groups in total. The number of para-hydroxylation sites is 1. The van der Waals surface area contributed by atoms with E-state index in [1.54, 1.807) is 0 Å². The highest BCUT2D eigenvalue weighted by Crippen LogP contribution is 2.23. The largest absolute Gasteiger partial charge is 0.457 e. The zero-order valence-corrected chi connectivity index (χ0v) is 14.9. The van der Waals surface area contributed by atoms with Gasteiger partial charge in [-0.15, -0.1) is 12.4 Å². The summed E-state index contributed by atoms with van der Waals surface area (Å²) in [5, 5.41) is 6.17. The van der Waals surface area contributed by atoms with Crippen molar-refractivity contribution in [3.05, 3.63) is 60.2 Å². The quantitative estimate of drug-likeness (QED) is 0.858. The lowest BCUT2D eigenvalue weighted by Gasteiger charge is -2.25. The molecule has 2 unspecified atom stereocenters. The normalized spacial score (nSPS) is 17.9. The Hall–Kier alpha value is -2.08. The van der Waals surface area contributed by atoms with Crippen LogP contribution in [0.15, 0.2) is 54.6 Å². The minimum atomic E-state index is -0.276. The maximum atomic E-state index is 12.2. The monoisotopic (exact) mass is 362 g/mol. The van der Waals surface area contributed by atoms with Crippen LogP contribution in [0.1, 0.15) is 18.5 Å². The highest BCUT2D eigenvalue weighted by molar-refractivity contribution is 5.85. The number of morpholine rings is 1. The van der Waals surface area contributed by atoms with Crippen molar-refractivity contribution >= 4 is 18.3 Å². The summed E-state index contributed by atoms with van der Waals surface area (Å²) in [6.45, 7) is 3.75. The van der Waals surface area contributed by atoms with Crippen molar-refractivity contribution in [1.82, 2.24) is 10.6 Å². The molecule has 1 fully saturated rings. The van der Waals surface area contributed by atoms with Crippen molar-refractivity contribution < 1.29 is 14.3 Å². The summed E-state index contributed by atoms with van der Waals surface area (Å²) in [6, 6.07) is 17.0. The molecule has 2 aromatic carbocycles. The second kappa shape index (κ2) is 9.42. The van der Waals surface area contributed by atoms with Crippen LogP contribution in [0.3, 0.4) is 0 Å². The van der Waals surface area contributed by atoms with Gasteiger partial charge in [-0.2, -0.15) is 0 Å². The molecule has 0 aromatic heterocycles. The number of nitrogens with one attached hydrogen (secondary N) is 2. The van der Waals surface area contributed by atoms with Gasteiger partial charge in [-0.3, -0.25) is 4.79 Å². The Morgan fingerprint density at radius 2 is 1.84 bits per heavy atom. The van der Waals surface area contributed by atoms with Crippen molar-refractivity contribution in [2.24, 2.45) is 0 Å². The van der Waals surface area contributed by atoms with E-state index < -0.39 is 0 Å². The molecule has 2 aromatic rings. The third kappa shape index (κ3) is 5.46. The van der Waals surface area contributed by atoms with Gasteiger partial charge < -0.3 is 20.1 Å². The number of amides is 1. The molecule has 0 saturated carbocycles. The Labute approximate surface area is 154 Å². The molecule has 0 spiro atoms. The Morgan fingerprint density at radius 3 is 2.48 bits per heavy atom. The van der Waals surface area contributed by atoms with E-state index in [1.807, 2.05) is 61.5 Å². The van der Waals surface area contributed by atoms with E-state index in [4.69, 9.17) is 9.47 Å². The minimum Gasteiger partial charge on any atom is -0.457 e. The Balaban J connectivity index is 0.00000225. The SMILES string of the molecule is CC(NC(=O)C1COCCN1)c1ccc(Oc2ccccc2)cc1.Cl. The Bertz CT molecular complexity index is 658. The minimum absolute atomic E-state index is 0. The molecule has 0 bridgehead atoms. The fourth-order valence-corrected chi connectivity index (χ4v) is 2.58. The predicted molar refractivity (Wildman–Crippen MR) is 99.4 cm³/mol. The van der Waals surface area contributed by atoms with Gasteiger partial charge in [0.05, 0.1) is 19.3 Å². The number of carbonyl (C=O) groups is 1. The van der Waals surface area contributed by atoms with Gasteiger partial charge in [-0.25, -0.2) is 0 Å². The van der Waals surface area contributed by atoms with E-state index in [-0.39, 0.29) is 30.4 Å². The third-order valence-corrected chi connectivity index (χ3v) is 3.96. The smallest absolute Gasteiger partial charge is 0.240 e. The predicted octanol–water partition coefficient (Wildman–Crippen LogP) is 3.07. The van der Waals surface area contributed by atoms with Crippen LogP contribution in [0.5, 0.6) is 11.5 Å². The van der Waals surface area contributed by atoms with Gasteiger partial charge in [-0.05, 0) is 36.8 Å². The van der Waals surface area contributed by atoms with E-state index in [0.717, 1.165) is 17.1 Å². The highest BCUT2D eigenvalue weighted by Gasteiger charge is 2.22. The topological polar surface area (TPSA) is 59.6 Å². The molecule has 5 nitrogen and oxygen atoms in total. The van der Waals surface area contributed by atoms with Crippen molar-refractivity contribution in [3.8, 4) is 11.5 Å². The first-order valence-corrected chi connectivity index (χ1v) is 8.17. The lowest BCUT2D eigenvalue weighted by molar-refractivity contribution is -0.126. The lowest BCUT2D eigenvalue weighted by atomic mass is 10.1. The highest BCUT2D eigenvalue weighted by atomic mass is 35.5. The molecule has 2 atom stereocenters. The number of halogens is 1. The first-order valence-electron chi connectivity index (χ1n) is 8.17. The van der Waals surface area contributed by atoms with Gasteiger partial charge >= 0.3 is 0 Å². The average molecular weight is 363 g/mol. The van der Waals surface area contributed by atoms with Crippen LogP contribution >= 0.6 is 12.4 Å². The van der Waals surface area contributed by atoms with Gasteiger partial charge in [0.2, 0.25) is 5.91 Å². The van der Waals surface area contributed by atoms with Crippen molar-refractivity contribution in [3.63, 3.8) is 0 Å². The molecule has 1 saturated heterocycles. The molecule has 1 heterocycles. The molecule has 0 radical (unpaired) electrons. The summed E-state index contributed by atoms with van der Waals surface area (Å²) in [6.07, 6.45) is 0. The molecule has 3 rings (SSSR count). The van der Waals surface area contributed by atoms with Crippen LogP contribution in [0.2, 0.25) is 0 Å². The van der Waals surface area contributed by atoms with Crippen molar-refractivity contribution in [2.45, 2.75) is 19.0 Å². The standard InChI is InChI=1S/C19H22N2O3.ClH/c1-14(21-19(22)18-13-23-12-11-20-18)15-7-9-17(10-8-15)24-16-5-3-2-4-6-16;/h2-10,14,18,20H,11-13H2,1H3,(H,21,22);1H. The van der Waals surface area contributed by atoms with Crippen molar-refractivity contribution in [1.29, 1.82) is 0 Å². The Kier molecular flexibility index (Phi) is 7.25. The second-order valence-corrected chi connectivity index (χ2v) is 5.80. The molecule has 1 amide bonds. The van der Waals surface area contributed by atoms with Gasteiger partial charge in [0, 0.05) is 6.54 Å². The molecule has 1 aliphatic heterocycles. The van der Waals surface area contributed by atoms with E-state index >= 15 is 0 Å². The van der Waals surface area contributed by atoms with E-state index in [1.165, 1.54) is 0 Å². The van der Waals surface area contributed by atoms with Gasteiger partial charge in [-0.1, -0.05) is 30.3 Å². The summed E-state index contributed by atoms with van der Waals surface area (Å²) >= 11 is 0. The number of hydrogen-bond donors (Lipinski definition) is 2.